The highest BCUT2D eigenvalue weighted by Gasteiger charge is 2.18. The van der Waals surface area contributed by atoms with Gasteiger partial charge in [0.2, 0.25) is 0 Å². The van der Waals surface area contributed by atoms with E-state index in [-0.39, 0.29) is 0 Å². The van der Waals surface area contributed by atoms with Crippen molar-refractivity contribution in [1.29, 1.82) is 0 Å². The van der Waals surface area contributed by atoms with Gasteiger partial charge in [0.25, 0.3) is 0 Å². The third kappa shape index (κ3) is 2.20. The number of fused-ring (bicyclic) bond motifs is 3. The fourth-order valence-electron chi connectivity index (χ4n) is 3.69. The molecule has 1 heterocycles. The fraction of sp³-hybridized carbons (Fsp3) is 0. The van der Waals surface area contributed by atoms with Crippen molar-refractivity contribution < 1.29 is 4.42 Å². The molecule has 5 rings (SSSR count). The summed E-state index contributed by atoms with van der Waals surface area (Å²) in [6.07, 6.45) is 0. The Morgan fingerprint density at radius 3 is 2.15 bits per heavy atom. The molecule has 0 unspecified atom stereocenters. The van der Waals surface area contributed by atoms with Crippen molar-refractivity contribution in [2.24, 2.45) is 0 Å². The SMILES string of the molecule is Nc1ccccc1-c1ccc2oc3ccccc3c2c1-c1ccccc1. The van der Waals surface area contributed by atoms with Gasteiger partial charge in [-0.2, -0.15) is 0 Å². The molecular weight excluding hydrogens is 318 g/mol. The summed E-state index contributed by atoms with van der Waals surface area (Å²) in [7, 11) is 0. The Morgan fingerprint density at radius 2 is 1.31 bits per heavy atom. The van der Waals surface area contributed by atoms with Gasteiger partial charge in [-0.3, -0.25) is 0 Å². The molecule has 0 aliphatic heterocycles. The number of benzene rings is 4. The molecule has 0 atom stereocenters. The Hall–Kier alpha value is -3.52. The number of hydrogen-bond acceptors (Lipinski definition) is 2. The standard InChI is InChI=1S/C24H17NO/c25-20-12-6-4-10-17(20)18-14-15-22-24(19-11-5-7-13-21(19)26-22)23(18)16-8-2-1-3-9-16/h1-15H,25H2. The van der Waals surface area contributed by atoms with Crippen LogP contribution in [0.25, 0.3) is 44.2 Å². The molecule has 0 saturated heterocycles. The summed E-state index contributed by atoms with van der Waals surface area (Å²) in [4.78, 5) is 0. The second-order valence-corrected chi connectivity index (χ2v) is 6.41. The van der Waals surface area contributed by atoms with Crippen LogP contribution in [0.1, 0.15) is 0 Å². The Balaban J connectivity index is 1.98. The summed E-state index contributed by atoms with van der Waals surface area (Å²) in [6.45, 7) is 0. The van der Waals surface area contributed by atoms with E-state index in [1.54, 1.807) is 0 Å². The van der Waals surface area contributed by atoms with Crippen LogP contribution in [0, 0.1) is 0 Å². The minimum Gasteiger partial charge on any atom is -0.456 e. The zero-order valence-electron chi connectivity index (χ0n) is 14.1. The van der Waals surface area contributed by atoms with E-state index in [0.717, 1.165) is 49.9 Å². The van der Waals surface area contributed by atoms with Crippen molar-refractivity contribution in [3.63, 3.8) is 0 Å². The quantitative estimate of drug-likeness (QED) is 0.374. The number of para-hydroxylation sites is 2. The van der Waals surface area contributed by atoms with Crippen LogP contribution in [-0.4, -0.2) is 0 Å². The zero-order valence-corrected chi connectivity index (χ0v) is 14.1. The van der Waals surface area contributed by atoms with Gasteiger partial charge >= 0.3 is 0 Å². The minimum absolute atomic E-state index is 0.775. The van der Waals surface area contributed by atoms with E-state index < -0.39 is 0 Å². The number of nitrogens with two attached hydrogens (primary N) is 1. The van der Waals surface area contributed by atoms with Crippen LogP contribution in [0.2, 0.25) is 0 Å². The first-order chi connectivity index (χ1) is 12.8. The van der Waals surface area contributed by atoms with Gasteiger partial charge in [-0.15, -0.1) is 0 Å². The third-order valence-corrected chi connectivity index (χ3v) is 4.86. The normalized spacial score (nSPS) is 11.2. The third-order valence-electron chi connectivity index (χ3n) is 4.86. The molecule has 0 amide bonds. The molecular formula is C24H17NO. The van der Waals surface area contributed by atoms with Gasteiger partial charge < -0.3 is 10.2 Å². The first-order valence-corrected chi connectivity index (χ1v) is 8.67. The predicted molar refractivity (Wildman–Crippen MR) is 109 cm³/mol. The second-order valence-electron chi connectivity index (χ2n) is 6.41. The van der Waals surface area contributed by atoms with Crippen molar-refractivity contribution in [3.05, 3.63) is 91.0 Å². The molecule has 2 N–H and O–H groups in total. The highest BCUT2D eigenvalue weighted by molar-refractivity contribution is 6.16. The summed E-state index contributed by atoms with van der Waals surface area (Å²) >= 11 is 0. The van der Waals surface area contributed by atoms with E-state index in [0.29, 0.717) is 0 Å². The van der Waals surface area contributed by atoms with Gasteiger partial charge in [0.05, 0.1) is 0 Å². The van der Waals surface area contributed by atoms with Crippen LogP contribution < -0.4 is 5.73 Å². The maximum Gasteiger partial charge on any atom is 0.136 e. The van der Waals surface area contributed by atoms with Crippen LogP contribution in [0.15, 0.2) is 95.4 Å². The van der Waals surface area contributed by atoms with Gasteiger partial charge in [0, 0.05) is 27.6 Å². The molecule has 1 aromatic heterocycles. The van der Waals surface area contributed by atoms with Crippen LogP contribution in [0.5, 0.6) is 0 Å². The average Bonchev–Trinajstić information content (AvgIpc) is 3.07. The summed E-state index contributed by atoms with van der Waals surface area (Å²) < 4.78 is 6.10. The molecule has 0 fully saturated rings. The Labute approximate surface area is 151 Å². The largest absolute Gasteiger partial charge is 0.456 e. The Kier molecular flexibility index (Phi) is 3.29. The molecule has 0 spiro atoms. The minimum atomic E-state index is 0.775. The molecule has 0 bridgehead atoms. The molecule has 0 aliphatic carbocycles. The maximum atomic E-state index is 6.31. The van der Waals surface area contributed by atoms with Crippen molar-refractivity contribution in [2.75, 3.05) is 5.73 Å². The summed E-state index contributed by atoms with van der Waals surface area (Å²) in [6, 6.07) is 30.8. The van der Waals surface area contributed by atoms with Crippen LogP contribution >= 0.6 is 0 Å². The Bertz CT molecular complexity index is 1240. The van der Waals surface area contributed by atoms with E-state index in [4.69, 9.17) is 10.2 Å². The number of hydrogen-bond donors (Lipinski definition) is 1. The van der Waals surface area contributed by atoms with E-state index in [1.165, 1.54) is 0 Å². The summed E-state index contributed by atoms with van der Waals surface area (Å²) in [5, 5.41) is 2.25. The van der Waals surface area contributed by atoms with Crippen molar-refractivity contribution in [2.45, 2.75) is 0 Å². The van der Waals surface area contributed by atoms with Crippen LogP contribution in [0.3, 0.4) is 0 Å². The number of nitrogen functional groups attached to an aromatic ring is 1. The summed E-state index contributed by atoms with van der Waals surface area (Å²) in [5.74, 6) is 0. The molecule has 2 nitrogen and oxygen atoms in total. The first-order valence-electron chi connectivity index (χ1n) is 8.67. The first kappa shape index (κ1) is 14.8. The van der Waals surface area contributed by atoms with E-state index in [2.05, 4.69) is 48.5 Å². The topological polar surface area (TPSA) is 39.2 Å². The molecule has 0 aliphatic rings. The van der Waals surface area contributed by atoms with Gasteiger partial charge in [0.15, 0.2) is 0 Å². The van der Waals surface area contributed by atoms with Crippen molar-refractivity contribution in [1.82, 2.24) is 0 Å². The summed E-state index contributed by atoms with van der Waals surface area (Å²) in [5.41, 5.74) is 13.3. The highest BCUT2D eigenvalue weighted by atomic mass is 16.3. The maximum absolute atomic E-state index is 6.31. The monoisotopic (exact) mass is 335 g/mol. The Morgan fingerprint density at radius 1 is 0.577 bits per heavy atom. The van der Waals surface area contributed by atoms with Crippen molar-refractivity contribution >= 4 is 27.6 Å². The predicted octanol–water partition coefficient (Wildman–Crippen LogP) is 6.50. The lowest BCUT2D eigenvalue weighted by molar-refractivity contribution is 0.669. The van der Waals surface area contributed by atoms with Gasteiger partial charge in [0.1, 0.15) is 11.2 Å². The average molecular weight is 335 g/mol. The lowest BCUT2D eigenvalue weighted by atomic mass is 9.90. The molecule has 26 heavy (non-hydrogen) atoms. The van der Waals surface area contributed by atoms with Crippen LogP contribution in [-0.2, 0) is 0 Å². The zero-order chi connectivity index (χ0) is 17.5. The molecule has 4 aromatic carbocycles. The van der Waals surface area contributed by atoms with Crippen molar-refractivity contribution in [3.8, 4) is 22.3 Å². The van der Waals surface area contributed by atoms with E-state index >= 15 is 0 Å². The highest BCUT2D eigenvalue weighted by Crippen LogP contribution is 2.43. The van der Waals surface area contributed by atoms with Gasteiger partial charge in [-0.25, -0.2) is 0 Å². The molecule has 2 heteroatoms. The lowest BCUT2D eigenvalue weighted by Crippen LogP contribution is -1.92. The van der Waals surface area contributed by atoms with Crippen LogP contribution in [0.4, 0.5) is 5.69 Å². The van der Waals surface area contributed by atoms with E-state index in [9.17, 15) is 0 Å². The molecule has 124 valence electrons. The van der Waals surface area contributed by atoms with Gasteiger partial charge in [-0.1, -0.05) is 66.7 Å². The smallest absolute Gasteiger partial charge is 0.136 e. The number of rotatable bonds is 2. The molecule has 0 saturated carbocycles. The lowest BCUT2D eigenvalue weighted by Gasteiger charge is -2.13. The van der Waals surface area contributed by atoms with E-state index in [1.807, 2.05) is 42.5 Å². The fourth-order valence-corrected chi connectivity index (χ4v) is 3.69. The van der Waals surface area contributed by atoms with Gasteiger partial charge in [-0.05, 0) is 35.4 Å². The number of furan rings is 1. The molecule has 5 aromatic rings. The number of anilines is 1. The second kappa shape index (κ2) is 5.78. The molecule has 0 radical (unpaired) electrons.